The van der Waals surface area contributed by atoms with E-state index in [4.69, 9.17) is 42.1 Å². The highest BCUT2D eigenvalue weighted by Gasteiger charge is 2.31. The van der Waals surface area contributed by atoms with Crippen LogP contribution in [0.1, 0.15) is 59.5 Å². The smallest absolute Gasteiger partial charge is 0.287 e. The van der Waals surface area contributed by atoms with Gasteiger partial charge >= 0.3 is 0 Å². The Hall–Kier alpha value is -6.32. The minimum atomic E-state index is -0.751. The normalized spacial score (nSPS) is 18.1. The summed E-state index contributed by atoms with van der Waals surface area (Å²) < 4.78 is 23.3. The topological polar surface area (TPSA) is 189 Å². The lowest BCUT2D eigenvalue weighted by Gasteiger charge is -2.30. The van der Waals surface area contributed by atoms with Crippen LogP contribution in [0.5, 0.6) is 34.8 Å². The lowest BCUT2D eigenvalue weighted by atomic mass is 9.95. The zero-order valence-electron chi connectivity index (χ0n) is 29.0. The molecular weight excluding hydrogens is 767 g/mol. The molecule has 2 aromatic heterocycles. The molecule has 4 heterocycles. The number of nitro groups is 2. The number of aromatic nitrogens is 2. The number of aliphatic hydroxyl groups excluding tert-OH is 2. The molecule has 56 heavy (non-hydrogen) atoms. The van der Waals surface area contributed by atoms with E-state index < -0.39 is 22.1 Å². The Morgan fingerprint density at radius 2 is 1.00 bits per heavy atom. The third kappa shape index (κ3) is 8.64. The largest absolute Gasteiger partial charge is 0.485 e. The number of halogens is 2. The summed E-state index contributed by atoms with van der Waals surface area (Å²) in [7, 11) is 0. The van der Waals surface area contributed by atoms with Crippen LogP contribution in [-0.4, -0.2) is 30.0 Å². The molecule has 2 aliphatic rings. The highest BCUT2D eigenvalue weighted by atomic mass is 35.5. The molecule has 0 bridgehead atoms. The van der Waals surface area contributed by atoms with Crippen LogP contribution in [0.15, 0.2) is 122 Å². The number of hydrogen-bond acceptors (Lipinski definition) is 12. The van der Waals surface area contributed by atoms with Gasteiger partial charge in [0.1, 0.15) is 47.6 Å². The first-order chi connectivity index (χ1) is 27.0. The number of aliphatic hydroxyl groups is 2. The van der Waals surface area contributed by atoms with Gasteiger partial charge in [-0.15, -0.1) is 0 Å². The fourth-order valence-corrected chi connectivity index (χ4v) is 6.67. The second-order valence-electron chi connectivity index (χ2n) is 12.6. The molecule has 0 spiro atoms. The standard InChI is InChI=1S/2C20H15ClN2O5/c2*21-16-4-2-1-3-14(16)19-10-17(24)15-9-13(6-7-18(15)28-19)27-20-8-5-12(11-22-20)23(25)26/h2*1-9,11,17,19,24H,10H2. The van der Waals surface area contributed by atoms with Gasteiger partial charge in [-0.3, -0.25) is 20.2 Å². The van der Waals surface area contributed by atoms with Crippen LogP contribution in [-0.2, 0) is 0 Å². The Labute approximate surface area is 328 Å². The highest BCUT2D eigenvalue weighted by Crippen LogP contribution is 2.45. The third-order valence-corrected chi connectivity index (χ3v) is 9.59. The average Bonchev–Trinajstić information content (AvgIpc) is 3.19. The maximum atomic E-state index is 10.7. The average molecular weight is 798 g/mol. The number of hydrogen-bond donors (Lipinski definition) is 2. The van der Waals surface area contributed by atoms with Gasteiger partial charge in [0, 0.05) is 69.4 Å². The van der Waals surface area contributed by atoms with Gasteiger partial charge in [-0.05, 0) is 48.5 Å². The molecule has 0 fully saturated rings. The quantitative estimate of drug-likeness (QED) is 0.110. The number of fused-ring (bicyclic) bond motifs is 2. The summed E-state index contributed by atoms with van der Waals surface area (Å²) in [6.07, 6.45) is 0.765. The lowest BCUT2D eigenvalue weighted by molar-refractivity contribution is -0.385. The molecule has 6 aromatic rings. The maximum absolute atomic E-state index is 10.7. The number of pyridine rings is 2. The van der Waals surface area contributed by atoms with Crippen molar-refractivity contribution < 1.29 is 39.0 Å². The molecule has 0 saturated heterocycles. The van der Waals surface area contributed by atoms with E-state index >= 15 is 0 Å². The van der Waals surface area contributed by atoms with Crippen LogP contribution in [0.2, 0.25) is 10.0 Å². The van der Waals surface area contributed by atoms with E-state index in [1.54, 1.807) is 48.5 Å². The van der Waals surface area contributed by atoms with Gasteiger partial charge < -0.3 is 29.2 Å². The van der Waals surface area contributed by atoms with Crippen molar-refractivity contribution in [1.82, 2.24) is 9.97 Å². The summed E-state index contributed by atoms with van der Waals surface area (Å²) in [4.78, 5) is 28.2. The summed E-state index contributed by atoms with van der Waals surface area (Å²) >= 11 is 12.5. The van der Waals surface area contributed by atoms with E-state index in [1.165, 1.54) is 24.3 Å². The summed E-state index contributed by atoms with van der Waals surface area (Å²) in [5.74, 6) is 2.41. The van der Waals surface area contributed by atoms with E-state index in [1.807, 2.05) is 36.4 Å². The number of nitrogens with zero attached hydrogens (tertiary/aromatic N) is 4. The number of rotatable bonds is 8. The molecule has 0 aliphatic carbocycles. The Kier molecular flexibility index (Phi) is 11.2. The summed E-state index contributed by atoms with van der Waals surface area (Å²) in [5, 5.41) is 43.8. The fourth-order valence-electron chi connectivity index (χ4n) is 6.15. The van der Waals surface area contributed by atoms with Crippen LogP contribution >= 0.6 is 23.2 Å². The van der Waals surface area contributed by atoms with E-state index in [0.717, 1.165) is 23.5 Å². The SMILES string of the molecule is O=[N+]([O-])c1ccc(Oc2ccc3c(c2)C(O)CC(c2ccccc2Cl)O3)nc1.O=[N+]([O-])c1ccc(Oc2ccc3c(c2)C(O)CC(c2ccccc2Cl)O3)nc1. The molecule has 16 heteroatoms. The van der Waals surface area contributed by atoms with Crippen molar-refractivity contribution in [2.45, 2.75) is 37.3 Å². The fraction of sp³-hybridized carbons (Fsp3) is 0.150. The van der Waals surface area contributed by atoms with Crippen molar-refractivity contribution in [3.63, 3.8) is 0 Å². The van der Waals surface area contributed by atoms with Gasteiger partial charge in [0.05, 0.1) is 22.1 Å². The third-order valence-electron chi connectivity index (χ3n) is 8.91. The van der Waals surface area contributed by atoms with Crippen molar-refractivity contribution in [1.29, 1.82) is 0 Å². The molecule has 0 saturated carbocycles. The highest BCUT2D eigenvalue weighted by molar-refractivity contribution is 6.31. The Morgan fingerprint density at radius 1 is 0.589 bits per heavy atom. The van der Waals surface area contributed by atoms with Crippen LogP contribution in [0.4, 0.5) is 11.4 Å². The molecule has 0 radical (unpaired) electrons. The molecule has 2 N–H and O–H groups in total. The molecular formula is C40H30Cl2N4O10. The molecule has 284 valence electrons. The first kappa shape index (κ1) is 38.0. The maximum Gasteiger partial charge on any atom is 0.287 e. The van der Waals surface area contributed by atoms with Crippen LogP contribution < -0.4 is 18.9 Å². The molecule has 14 nitrogen and oxygen atoms in total. The number of benzene rings is 4. The van der Waals surface area contributed by atoms with E-state index in [-0.39, 0.29) is 35.3 Å². The second kappa shape index (κ2) is 16.6. The van der Waals surface area contributed by atoms with Crippen molar-refractivity contribution in [3.05, 3.63) is 174 Å². The van der Waals surface area contributed by atoms with Crippen molar-refractivity contribution >= 4 is 34.6 Å². The molecule has 4 atom stereocenters. The van der Waals surface area contributed by atoms with Crippen molar-refractivity contribution in [2.75, 3.05) is 0 Å². The Bertz CT molecular complexity index is 2220. The van der Waals surface area contributed by atoms with Crippen LogP contribution in [0, 0.1) is 20.2 Å². The van der Waals surface area contributed by atoms with Gasteiger partial charge in [-0.2, -0.15) is 0 Å². The van der Waals surface area contributed by atoms with E-state index in [2.05, 4.69) is 9.97 Å². The molecule has 2 aliphatic heterocycles. The minimum absolute atomic E-state index is 0.118. The molecule has 4 unspecified atom stereocenters. The van der Waals surface area contributed by atoms with E-state index in [9.17, 15) is 30.4 Å². The van der Waals surface area contributed by atoms with Gasteiger partial charge in [0.15, 0.2) is 0 Å². The van der Waals surface area contributed by atoms with E-state index in [0.29, 0.717) is 57.0 Å². The van der Waals surface area contributed by atoms with Gasteiger partial charge in [0.25, 0.3) is 11.4 Å². The molecule has 8 rings (SSSR count). The number of ether oxygens (including phenoxy) is 4. The van der Waals surface area contributed by atoms with Crippen LogP contribution in [0.3, 0.4) is 0 Å². The molecule has 4 aromatic carbocycles. The Morgan fingerprint density at radius 3 is 1.36 bits per heavy atom. The predicted molar refractivity (Wildman–Crippen MR) is 204 cm³/mol. The predicted octanol–water partition coefficient (Wildman–Crippen LogP) is 9.99. The summed E-state index contributed by atoms with van der Waals surface area (Å²) in [6.45, 7) is 0. The van der Waals surface area contributed by atoms with Gasteiger partial charge in [-0.1, -0.05) is 59.6 Å². The lowest BCUT2D eigenvalue weighted by Crippen LogP contribution is -2.19. The first-order valence-electron chi connectivity index (χ1n) is 17.0. The first-order valence-corrected chi connectivity index (χ1v) is 17.8. The summed E-state index contributed by atoms with van der Waals surface area (Å²) in [6, 6.07) is 30.4. The second-order valence-corrected chi connectivity index (χ2v) is 13.4. The van der Waals surface area contributed by atoms with Gasteiger partial charge in [0.2, 0.25) is 11.8 Å². The van der Waals surface area contributed by atoms with Crippen LogP contribution in [0.25, 0.3) is 0 Å². The molecule has 0 amide bonds. The minimum Gasteiger partial charge on any atom is -0.485 e. The summed E-state index contributed by atoms with van der Waals surface area (Å²) in [5.41, 5.74) is 2.61. The Balaban J connectivity index is 0.000000172. The van der Waals surface area contributed by atoms with Crippen molar-refractivity contribution in [3.8, 4) is 34.8 Å². The zero-order chi connectivity index (χ0) is 39.3. The zero-order valence-corrected chi connectivity index (χ0v) is 30.5. The van der Waals surface area contributed by atoms with Gasteiger partial charge in [-0.25, -0.2) is 9.97 Å². The van der Waals surface area contributed by atoms with Crippen molar-refractivity contribution in [2.24, 2.45) is 0 Å². The monoisotopic (exact) mass is 796 g/mol.